The Morgan fingerprint density at radius 1 is 0.652 bits per heavy atom. The predicted octanol–water partition coefficient (Wildman–Crippen LogP) is 1.85. The molecule has 10 nitrogen and oxygen atoms in total. The zero-order valence-corrected chi connectivity index (χ0v) is 26.8. The highest BCUT2D eigenvalue weighted by Crippen LogP contribution is 2.65. The molecular weight excluding hydrogens is 582 g/mol. The molecule has 4 aliphatic heterocycles. The van der Waals surface area contributed by atoms with Crippen molar-refractivity contribution >= 4 is 23.6 Å². The van der Waals surface area contributed by atoms with Gasteiger partial charge in [-0.15, -0.1) is 0 Å². The topological polar surface area (TPSA) is 149 Å². The fourth-order valence-electron chi connectivity index (χ4n) is 15.0. The van der Waals surface area contributed by atoms with Crippen molar-refractivity contribution in [3.8, 4) is 0 Å². The van der Waals surface area contributed by atoms with E-state index >= 15 is 0 Å². The number of amidine groups is 1. The Bertz CT molecular complexity index is 1460. The first kappa shape index (κ1) is 27.7. The van der Waals surface area contributed by atoms with Gasteiger partial charge in [0.25, 0.3) is 0 Å². The van der Waals surface area contributed by atoms with Gasteiger partial charge in [-0.05, 0) is 138 Å². The average Bonchev–Trinajstić information content (AvgIpc) is 3.83. The van der Waals surface area contributed by atoms with Crippen LogP contribution in [0.15, 0.2) is 4.99 Å². The quantitative estimate of drug-likeness (QED) is 0.366. The van der Waals surface area contributed by atoms with Crippen molar-refractivity contribution in [3.05, 3.63) is 0 Å². The maximum Gasteiger partial charge on any atom is 0.248 e. The molecule has 3 saturated heterocycles. The molecule has 4 heterocycles. The van der Waals surface area contributed by atoms with Crippen LogP contribution in [0.4, 0.5) is 0 Å². The molecule has 0 aromatic carbocycles. The number of nitrogens with one attached hydrogen (secondary N) is 1. The summed E-state index contributed by atoms with van der Waals surface area (Å²) in [6.45, 7) is 0. The van der Waals surface area contributed by atoms with Crippen molar-refractivity contribution in [1.29, 1.82) is 0 Å². The van der Waals surface area contributed by atoms with Crippen molar-refractivity contribution in [3.63, 3.8) is 0 Å². The van der Waals surface area contributed by atoms with Gasteiger partial charge in [-0.1, -0.05) is 0 Å². The number of rotatable bonds is 2. The molecule has 0 aromatic heterocycles. The first-order chi connectivity index (χ1) is 21.9. The molecule has 13 fully saturated rings. The molecule has 0 spiro atoms. The van der Waals surface area contributed by atoms with Gasteiger partial charge in [0.15, 0.2) is 0 Å². The minimum Gasteiger partial charge on any atom is -0.390 e. The van der Waals surface area contributed by atoms with Crippen molar-refractivity contribution in [2.24, 2.45) is 57.1 Å². The van der Waals surface area contributed by atoms with Gasteiger partial charge in [0.05, 0.1) is 17.2 Å². The van der Waals surface area contributed by atoms with E-state index in [4.69, 9.17) is 10.7 Å². The molecule has 10 aliphatic carbocycles. The number of aliphatic hydroxyl groups is 2. The van der Waals surface area contributed by atoms with Crippen LogP contribution < -0.4 is 11.1 Å². The minimum absolute atomic E-state index is 0.0598. The summed E-state index contributed by atoms with van der Waals surface area (Å²) in [6, 6.07) is -0.0864. The van der Waals surface area contributed by atoms with E-state index in [1.54, 1.807) is 0 Å². The van der Waals surface area contributed by atoms with E-state index in [2.05, 4.69) is 10.2 Å². The standard InChI is InChI=1S/C18H25N3O2.C18H24N2O3/c19-15-13-3-11-2-12(11)21(13)16(22)14(20-15)17-4-9-1-10(5-17)7-18(23,6-9)8-17;21-15-13-3-11-2-12(11)20(13)16(22)14(19-15)17-4-9-1-10(5-17)7-18(23,6-9)8-17/h9-14,23H,1-8H2,(H2,19,20);9-14,23H,1-8H2,(H,19,21)/t2*9?,10?,11-,12-,13+,14+,17?,18?/m00/s1. The predicted molar refractivity (Wildman–Crippen MR) is 166 cm³/mol. The lowest BCUT2D eigenvalue weighted by molar-refractivity contribution is -0.186. The number of carbonyl (C=O) groups excluding carboxylic acids is 3. The monoisotopic (exact) mass is 631 g/mol. The van der Waals surface area contributed by atoms with Crippen LogP contribution in [-0.4, -0.2) is 91.0 Å². The normalized spacial score (nSPS) is 58.9. The van der Waals surface area contributed by atoms with E-state index < -0.39 is 11.2 Å². The van der Waals surface area contributed by atoms with Crippen LogP contribution >= 0.6 is 0 Å². The third-order valence-corrected chi connectivity index (χ3v) is 15.8. The number of aliphatic imine (C=N–C) groups is 1. The number of piperidine rings is 2. The van der Waals surface area contributed by atoms with Crippen molar-refractivity contribution in [2.75, 3.05) is 0 Å². The first-order valence-electron chi connectivity index (χ1n) is 18.7. The number of piperazine rings is 1. The summed E-state index contributed by atoms with van der Waals surface area (Å²) in [7, 11) is 0. The highest BCUT2D eigenvalue weighted by Gasteiger charge is 2.67. The Labute approximate surface area is 270 Å². The van der Waals surface area contributed by atoms with Gasteiger partial charge >= 0.3 is 0 Å². The van der Waals surface area contributed by atoms with E-state index in [0.717, 1.165) is 83.5 Å². The second kappa shape index (κ2) is 8.50. The Balaban J connectivity index is 0.000000114. The Morgan fingerprint density at radius 2 is 1.15 bits per heavy atom. The highest BCUT2D eigenvalue weighted by atomic mass is 16.3. The number of nitrogens with two attached hydrogens (primary N) is 1. The van der Waals surface area contributed by atoms with Crippen LogP contribution in [0, 0.1) is 46.3 Å². The number of carbonyl (C=O) groups is 3. The number of nitrogens with zero attached hydrogens (tertiary/aromatic N) is 3. The smallest absolute Gasteiger partial charge is 0.248 e. The Hall–Kier alpha value is -2.20. The van der Waals surface area contributed by atoms with E-state index in [1.807, 2.05) is 4.90 Å². The zero-order valence-electron chi connectivity index (χ0n) is 26.8. The lowest BCUT2D eigenvalue weighted by Gasteiger charge is -2.62. The van der Waals surface area contributed by atoms with E-state index in [1.165, 1.54) is 12.8 Å². The molecule has 248 valence electrons. The van der Waals surface area contributed by atoms with Crippen LogP contribution in [0.3, 0.4) is 0 Å². The van der Waals surface area contributed by atoms with Crippen LogP contribution in [0.5, 0.6) is 0 Å². The van der Waals surface area contributed by atoms with Crippen LogP contribution in [0.1, 0.15) is 103 Å². The average molecular weight is 632 g/mol. The summed E-state index contributed by atoms with van der Waals surface area (Å²) in [4.78, 5) is 47.9. The number of fused-ring (bicyclic) bond motifs is 6. The molecule has 5 N–H and O–H groups in total. The largest absolute Gasteiger partial charge is 0.390 e. The molecule has 14 aliphatic rings. The number of hydrogen-bond acceptors (Lipinski definition) is 7. The van der Waals surface area contributed by atoms with Gasteiger partial charge in [-0.2, -0.15) is 0 Å². The minimum atomic E-state index is -0.584. The lowest BCUT2D eigenvalue weighted by atomic mass is 9.46. The SMILES string of the molecule is NC1=N[C@@H](C23CC4CC(CC(O)(C4)C2)C3)C(=O)N2[C@@H]1C[C@@H]1C[C@@H]12.O=C1N[C@@H](C23CC4CC(CC(O)(C4)C2)C3)C(=O)N2[C@@H]1C[C@@H]1C[C@@H]12. The molecule has 10 heteroatoms. The van der Waals surface area contributed by atoms with Crippen LogP contribution in [-0.2, 0) is 14.4 Å². The second-order valence-corrected chi connectivity index (χ2v) is 19.1. The maximum atomic E-state index is 13.3. The van der Waals surface area contributed by atoms with Crippen molar-refractivity contribution < 1.29 is 24.6 Å². The van der Waals surface area contributed by atoms with Crippen LogP contribution in [0.2, 0.25) is 0 Å². The Kier molecular flexibility index (Phi) is 5.12. The summed E-state index contributed by atoms with van der Waals surface area (Å²) < 4.78 is 0. The van der Waals surface area contributed by atoms with Crippen LogP contribution in [0.25, 0.3) is 0 Å². The molecule has 0 radical (unpaired) electrons. The molecular formula is C36H49N5O5. The summed E-state index contributed by atoms with van der Waals surface area (Å²) in [5.74, 6) is 4.59. The molecule has 10 saturated carbocycles. The third kappa shape index (κ3) is 3.66. The van der Waals surface area contributed by atoms with Crippen molar-refractivity contribution in [2.45, 2.75) is 150 Å². The number of amides is 3. The second-order valence-electron chi connectivity index (χ2n) is 19.1. The summed E-state index contributed by atoms with van der Waals surface area (Å²) in [5.41, 5.74) is 4.86. The van der Waals surface area contributed by atoms with Gasteiger partial charge in [-0.3, -0.25) is 19.4 Å². The molecule has 3 amide bonds. The molecule has 8 bridgehead atoms. The van der Waals surface area contributed by atoms with Gasteiger partial charge in [0.2, 0.25) is 17.7 Å². The molecule has 46 heavy (non-hydrogen) atoms. The summed E-state index contributed by atoms with van der Waals surface area (Å²) in [5, 5.41) is 25.1. The van der Waals surface area contributed by atoms with Crippen molar-refractivity contribution in [1.82, 2.24) is 15.1 Å². The van der Waals surface area contributed by atoms with Gasteiger partial charge in [0.1, 0.15) is 24.0 Å². The van der Waals surface area contributed by atoms with Gasteiger partial charge < -0.3 is 31.1 Å². The van der Waals surface area contributed by atoms with E-state index in [0.29, 0.717) is 59.8 Å². The van der Waals surface area contributed by atoms with E-state index in [-0.39, 0.29) is 52.7 Å². The van der Waals surface area contributed by atoms with Gasteiger partial charge in [0, 0.05) is 22.9 Å². The van der Waals surface area contributed by atoms with Gasteiger partial charge in [-0.25, -0.2) is 0 Å². The number of hydrogen-bond donors (Lipinski definition) is 4. The van der Waals surface area contributed by atoms with E-state index in [9.17, 15) is 24.6 Å². The third-order valence-electron chi connectivity index (χ3n) is 15.8. The molecule has 12 atom stereocenters. The molecule has 14 rings (SSSR count). The fourth-order valence-corrected chi connectivity index (χ4v) is 15.0. The first-order valence-corrected chi connectivity index (χ1v) is 18.7. The lowest BCUT2D eigenvalue weighted by Crippen LogP contribution is -2.71. The Morgan fingerprint density at radius 3 is 1.72 bits per heavy atom. The summed E-state index contributed by atoms with van der Waals surface area (Å²) in [6.07, 6.45) is 15.8. The molecule has 4 unspecified atom stereocenters. The highest BCUT2D eigenvalue weighted by molar-refractivity contribution is 5.99. The zero-order chi connectivity index (χ0) is 31.1. The summed E-state index contributed by atoms with van der Waals surface area (Å²) >= 11 is 0. The molecule has 0 aromatic rings. The maximum absolute atomic E-state index is 13.3. The fraction of sp³-hybridized carbons (Fsp3) is 0.889.